The van der Waals surface area contributed by atoms with Crippen LogP contribution in [0.4, 0.5) is 5.69 Å². The van der Waals surface area contributed by atoms with Gasteiger partial charge in [-0.1, -0.05) is 29.8 Å². The van der Waals surface area contributed by atoms with Gasteiger partial charge in [0.15, 0.2) is 0 Å². The Morgan fingerprint density at radius 3 is 2.36 bits per heavy atom. The fraction of sp³-hybridized carbons (Fsp3) is 0.273. The van der Waals surface area contributed by atoms with Crippen molar-refractivity contribution in [2.24, 2.45) is 0 Å². The van der Waals surface area contributed by atoms with Crippen LogP contribution in [-0.4, -0.2) is 30.0 Å². The molecule has 3 aromatic rings. The van der Waals surface area contributed by atoms with Gasteiger partial charge in [-0.15, -0.1) is 0 Å². The van der Waals surface area contributed by atoms with Crippen LogP contribution in [0, 0.1) is 13.8 Å². The lowest BCUT2D eigenvalue weighted by Gasteiger charge is -2.18. The highest BCUT2D eigenvalue weighted by Crippen LogP contribution is 2.37. The first-order chi connectivity index (χ1) is 13.3. The molecule has 5 nitrogen and oxygen atoms in total. The number of nitrogens with zero attached hydrogens (tertiary/aromatic N) is 2. The van der Waals surface area contributed by atoms with Gasteiger partial charge in [-0.3, -0.25) is 14.2 Å². The van der Waals surface area contributed by atoms with E-state index in [1.165, 1.54) is 14.0 Å². The van der Waals surface area contributed by atoms with Gasteiger partial charge in [0.05, 0.1) is 23.3 Å². The van der Waals surface area contributed by atoms with Gasteiger partial charge in [-0.2, -0.15) is 0 Å². The lowest BCUT2D eigenvalue weighted by Crippen LogP contribution is -2.27. The highest BCUT2D eigenvalue weighted by molar-refractivity contribution is 6.33. The van der Waals surface area contributed by atoms with E-state index in [1.807, 2.05) is 39.0 Å². The molecule has 6 heteroatoms. The molecule has 0 N–H and O–H groups in total. The topological polar surface area (TPSA) is 51.5 Å². The minimum atomic E-state index is -0.160. The molecule has 0 aliphatic rings. The summed E-state index contributed by atoms with van der Waals surface area (Å²) in [5.74, 6) is 0.231. The van der Waals surface area contributed by atoms with Crippen LogP contribution >= 0.6 is 11.6 Å². The number of hydrogen-bond acceptors (Lipinski definition) is 3. The molecule has 146 valence electrons. The normalized spacial score (nSPS) is 10.9. The standard InChI is InChI=1S/C22H23ClN2O3/c1-6-24(15(4)26)19-12-25(18-11-17(23)20(28-5)10-16(18)19)22(27)21-13(2)8-7-9-14(21)3/h7-12H,6H2,1-5H3. The predicted octanol–water partition coefficient (Wildman–Crippen LogP) is 4.98. The lowest BCUT2D eigenvalue weighted by molar-refractivity contribution is -0.116. The number of benzene rings is 2. The minimum Gasteiger partial charge on any atom is -0.495 e. The van der Waals surface area contributed by atoms with Crippen molar-refractivity contribution >= 4 is 40.0 Å². The molecule has 28 heavy (non-hydrogen) atoms. The zero-order chi connectivity index (χ0) is 20.6. The van der Waals surface area contributed by atoms with Gasteiger partial charge in [0, 0.05) is 30.6 Å². The first-order valence-corrected chi connectivity index (χ1v) is 9.45. The van der Waals surface area contributed by atoms with Crippen molar-refractivity contribution in [3.63, 3.8) is 0 Å². The molecular formula is C22H23ClN2O3. The minimum absolute atomic E-state index is 0.102. The van der Waals surface area contributed by atoms with Gasteiger partial charge in [-0.05, 0) is 44.0 Å². The Morgan fingerprint density at radius 2 is 1.82 bits per heavy atom. The number of aromatic nitrogens is 1. The lowest BCUT2D eigenvalue weighted by atomic mass is 10.0. The second kappa shape index (κ2) is 7.68. The Morgan fingerprint density at radius 1 is 1.18 bits per heavy atom. The molecule has 0 fully saturated rings. The second-order valence-corrected chi connectivity index (χ2v) is 7.13. The molecule has 0 radical (unpaired) electrons. The summed E-state index contributed by atoms with van der Waals surface area (Å²) in [4.78, 5) is 27.2. The Balaban J connectivity index is 2.33. The largest absolute Gasteiger partial charge is 0.495 e. The summed E-state index contributed by atoms with van der Waals surface area (Å²) in [7, 11) is 1.54. The Bertz CT molecular complexity index is 1060. The first-order valence-electron chi connectivity index (χ1n) is 9.07. The number of aryl methyl sites for hydroxylation is 2. The average molecular weight is 399 g/mol. The number of hydrogen-bond donors (Lipinski definition) is 0. The molecule has 0 atom stereocenters. The molecule has 0 aliphatic carbocycles. The second-order valence-electron chi connectivity index (χ2n) is 6.72. The molecule has 1 amide bonds. The van der Waals surface area contributed by atoms with Crippen LogP contribution in [0.5, 0.6) is 5.75 Å². The van der Waals surface area contributed by atoms with Gasteiger partial charge in [0.2, 0.25) is 5.91 Å². The smallest absolute Gasteiger partial charge is 0.262 e. The molecular weight excluding hydrogens is 376 g/mol. The molecule has 0 spiro atoms. The number of ether oxygens (including phenoxy) is 1. The molecule has 0 aliphatic heterocycles. The molecule has 0 saturated heterocycles. The quantitative estimate of drug-likeness (QED) is 0.622. The van der Waals surface area contributed by atoms with Gasteiger partial charge in [0.1, 0.15) is 5.75 Å². The third-order valence-electron chi connectivity index (χ3n) is 4.96. The highest BCUT2D eigenvalue weighted by Gasteiger charge is 2.23. The summed E-state index contributed by atoms with van der Waals surface area (Å²) in [6.07, 6.45) is 1.71. The van der Waals surface area contributed by atoms with E-state index in [1.54, 1.807) is 27.8 Å². The van der Waals surface area contributed by atoms with Gasteiger partial charge < -0.3 is 9.64 Å². The van der Waals surface area contributed by atoms with E-state index in [-0.39, 0.29) is 11.8 Å². The molecule has 0 bridgehead atoms. The fourth-order valence-electron chi connectivity index (χ4n) is 3.58. The van der Waals surface area contributed by atoms with Crippen molar-refractivity contribution in [1.29, 1.82) is 0 Å². The number of methoxy groups -OCH3 is 1. The van der Waals surface area contributed by atoms with Crippen LogP contribution in [0.25, 0.3) is 10.9 Å². The summed E-state index contributed by atoms with van der Waals surface area (Å²) in [6.45, 7) is 7.71. The number of halogens is 1. The monoisotopic (exact) mass is 398 g/mol. The van der Waals surface area contributed by atoms with Gasteiger partial charge in [-0.25, -0.2) is 0 Å². The molecule has 1 aromatic heterocycles. The van der Waals surface area contributed by atoms with Gasteiger partial charge in [0.25, 0.3) is 5.91 Å². The summed E-state index contributed by atoms with van der Waals surface area (Å²) >= 11 is 6.34. The maximum absolute atomic E-state index is 13.4. The number of amides is 1. The van der Waals surface area contributed by atoms with E-state index in [0.29, 0.717) is 34.1 Å². The van der Waals surface area contributed by atoms with E-state index < -0.39 is 0 Å². The molecule has 1 heterocycles. The van der Waals surface area contributed by atoms with Crippen molar-refractivity contribution in [1.82, 2.24) is 4.57 Å². The first kappa shape index (κ1) is 20.0. The fourth-order valence-corrected chi connectivity index (χ4v) is 3.82. The van der Waals surface area contributed by atoms with Crippen molar-refractivity contribution in [2.75, 3.05) is 18.6 Å². The Kier molecular flexibility index (Phi) is 5.47. The van der Waals surface area contributed by atoms with E-state index in [2.05, 4.69) is 0 Å². The summed E-state index contributed by atoms with van der Waals surface area (Å²) in [5, 5.41) is 1.14. The van der Waals surface area contributed by atoms with Crippen molar-refractivity contribution < 1.29 is 14.3 Å². The number of carbonyl (C=O) groups is 2. The summed E-state index contributed by atoms with van der Waals surface area (Å²) in [6, 6.07) is 9.23. The van der Waals surface area contributed by atoms with Crippen molar-refractivity contribution in [3.05, 3.63) is 58.2 Å². The van der Waals surface area contributed by atoms with Crippen LogP contribution in [0.3, 0.4) is 0 Å². The van der Waals surface area contributed by atoms with E-state index in [9.17, 15) is 9.59 Å². The van der Waals surface area contributed by atoms with E-state index in [0.717, 1.165) is 16.5 Å². The third kappa shape index (κ3) is 3.27. The maximum Gasteiger partial charge on any atom is 0.262 e. The number of rotatable bonds is 4. The zero-order valence-electron chi connectivity index (χ0n) is 16.7. The van der Waals surface area contributed by atoms with Crippen LogP contribution in [-0.2, 0) is 4.79 Å². The van der Waals surface area contributed by atoms with Crippen LogP contribution in [0.15, 0.2) is 36.5 Å². The Labute approximate surface area is 169 Å². The van der Waals surface area contributed by atoms with Crippen LogP contribution in [0.1, 0.15) is 35.3 Å². The molecule has 0 unspecified atom stereocenters. The van der Waals surface area contributed by atoms with Gasteiger partial charge >= 0.3 is 0 Å². The Hall–Kier alpha value is -2.79. The SMILES string of the molecule is CCN(C(C)=O)c1cn(C(=O)c2c(C)cccc2C)c2cc(Cl)c(OC)cc12. The van der Waals surface area contributed by atoms with Crippen LogP contribution in [0.2, 0.25) is 5.02 Å². The number of carbonyl (C=O) groups excluding carboxylic acids is 2. The van der Waals surface area contributed by atoms with Crippen molar-refractivity contribution in [2.45, 2.75) is 27.7 Å². The number of anilines is 1. The highest BCUT2D eigenvalue weighted by atomic mass is 35.5. The van der Waals surface area contributed by atoms with Crippen LogP contribution < -0.4 is 9.64 Å². The van der Waals surface area contributed by atoms with E-state index >= 15 is 0 Å². The number of fused-ring (bicyclic) bond motifs is 1. The molecule has 3 rings (SSSR count). The molecule has 2 aromatic carbocycles. The molecule has 0 saturated carbocycles. The maximum atomic E-state index is 13.4. The zero-order valence-corrected chi connectivity index (χ0v) is 17.4. The van der Waals surface area contributed by atoms with E-state index in [4.69, 9.17) is 16.3 Å². The average Bonchev–Trinajstić information content (AvgIpc) is 2.99. The predicted molar refractivity (Wildman–Crippen MR) is 113 cm³/mol. The third-order valence-corrected chi connectivity index (χ3v) is 5.25. The summed E-state index contributed by atoms with van der Waals surface area (Å²) < 4.78 is 6.91. The van der Waals surface area contributed by atoms with Crippen molar-refractivity contribution in [3.8, 4) is 5.75 Å². The summed E-state index contributed by atoms with van der Waals surface area (Å²) in [5.41, 5.74) is 3.72.